The molecule has 1 aliphatic rings. The van der Waals surface area contributed by atoms with Crippen LogP contribution in [0.2, 0.25) is 0 Å². The van der Waals surface area contributed by atoms with Gasteiger partial charge in [-0.15, -0.1) is 0 Å². The lowest BCUT2D eigenvalue weighted by Crippen LogP contribution is -2.47. The highest BCUT2D eigenvalue weighted by Crippen LogP contribution is 2.18. The van der Waals surface area contributed by atoms with E-state index < -0.39 is 0 Å². The number of para-hydroxylation sites is 1. The van der Waals surface area contributed by atoms with E-state index in [0.29, 0.717) is 12.2 Å². The van der Waals surface area contributed by atoms with Gasteiger partial charge in [0, 0.05) is 45.8 Å². The zero-order chi connectivity index (χ0) is 15.1. The van der Waals surface area contributed by atoms with Crippen molar-refractivity contribution in [3.05, 3.63) is 30.1 Å². The summed E-state index contributed by atoms with van der Waals surface area (Å²) in [5.41, 5.74) is 6.31. The summed E-state index contributed by atoms with van der Waals surface area (Å²) in [6.07, 6.45) is 0.886. The molecule has 4 nitrogen and oxygen atoms in total. The second-order valence-electron chi connectivity index (χ2n) is 5.73. The Labute approximate surface area is 127 Å². The molecule has 0 unspecified atom stereocenters. The summed E-state index contributed by atoms with van der Waals surface area (Å²) in [5, 5.41) is 0. The van der Waals surface area contributed by atoms with Gasteiger partial charge in [0.25, 0.3) is 0 Å². The Hall–Kier alpha value is -1.17. The lowest BCUT2D eigenvalue weighted by atomic mass is 10.2. The first-order valence-electron chi connectivity index (χ1n) is 7.81. The number of rotatable bonds is 7. The molecule has 2 rings (SSSR count). The Morgan fingerprint density at radius 2 is 1.86 bits per heavy atom. The summed E-state index contributed by atoms with van der Waals surface area (Å²) in [5.74, 6) is -0.145. The Balaban J connectivity index is 1.92. The van der Waals surface area contributed by atoms with E-state index in [0.717, 1.165) is 52.2 Å². The van der Waals surface area contributed by atoms with Gasteiger partial charge in [0.1, 0.15) is 5.82 Å². The van der Waals surface area contributed by atoms with Crippen LogP contribution in [0, 0.1) is 5.82 Å². The molecule has 0 aromatic heterocycles. The maximum absolute atomic E-state index is 14.0. The van der Waals surface area contributed by atoms with Crippen LogP contribution < -0.4 is 10.6 Å². The normalized spacial score (nSPS) is 17.1. The molecule has 1 aliphatic heterocycles. The van der Waals surface area contributed by atoms with E-state index >= 15 is 0 Å². The highest BCUT2D eigenvalue weighted by Gasteiger charge is 2.16. The smallest absolute Gasteiger partial charge is 0.146 e. The predicted molar refractivity (Wildman–Crippen MR) is 86.2 cm³/mol. The lowest BCUT2D eigenvalue weighted by molar-refractivity contribution is 0.156. The van der Waals surface area contributed by atoms with E-state index in [-0.39, 0.29) is 5.82 Å². The van der Waals surface area contributed by atoms with Gasteiger partial charge in [-0.25, -0.2) is 4.39 Å². The van der Waals surface area contributed by atoms with Gasteiger partial charge >= 0.3 is 0 Å². The van der Waals surface area contributed by atoms with Crippen LogP contribution in [-0.2, 0) is 0 Å². The molecule has 0 spiro atoms. The molecule has 21 heavy (non-hydrogen) atoms. The van der Waals surface area contributed by atoms with Crippen molar-refractivity contribution in [3.8, 4) is 0 Å². The second-order valence-corrected chi connectivity index (χ2v) is 5.73. The van der Waals surface area contributed by atoms with Crippen molar-refractivity contribution >= 4 is 5.69 Å². The minimum Gasteiger partial charge on any atom is -0.368 e. The zero-order valence-corrected chi connectivity index (χ0v) is 13.0. The lowest BCUT2D eigenvalue weighted by Gasteiger charge is -2.34. The van der Waals surface area contributed by atoms with Crippen LogP contribution in [0.1, 0.15) is 6.42 Å². The molecule has 0 saturated carbocycles. The monoisotopic (exact) mass is 294 g/mol. The molecule has 1 aromatic rings. The number of anilines is 1. The van der Waals surface area contributed by atoms with Crippen molar-refractivity contribution in [1.82, 2.24) is 9.80 Å². The minimum absolute atomic E-state index is 0.145. The van der Waals surface area contributed by atoms with Crippen LogP contribution in [0.3, 0.4) is 0 Å². The maximum Gasteiger partial charge on any atom is 0.146 e. The number of hydrogen-bond donors (Lipinski definition) is 1. The van der Waals surface area contributed by atoms with Gasteiger partial charge in [0.2, 0.25) is 0 Å². The number of nitrogens with zero attached hydrogens (tertiary/aromatic N) is 3. The highest BCUT2D eigenvalue weighted by atomic mass is 19.1. The van der Waals surface area contributed by atoms with Crippen molar-refractivity contribution in [3.63, 3.8) is 0 Å². The first-order valence-corrected chi connectivity index (χ1v) is 7.81. The SMILES string of the molecule is CN1CCN(CCN(CCCN)c2ccccc2F)CC1. The molecular weight excluding hydrogens is 267 g/mol. The summed E-state index contributed by atoms with van der Waals surface area (Å²) >= 11 is 0. The van der Waals surface area contributed by atoms with Crippen molar-refractivity contribution in [2.24, 2.45) is 5.73 Å². The molecule has 5 heteroatoms. The minimum atomic E-state index is -0.145. The summed E-state index contributed by atoms with van der Waals surface area (Å²) in [7, 11) is 2.16. The number of benzene rings is 1. The van der Waals surface area contributed by atoms with E-state index in [2.05, 4.69) is 21.7 Å². The molecule has 1 fully saturated rings. The summed E-state index contributed by atoms with van der Waals surface area (Å²) < 4.78 is 14.0. The Bertz CT molecular complexity index is 418. The van der Waals surface area contributed by atoms with Crippen molar-refractivity contribution < 1.29 is 4.39 Å². The molecule has 0 amide bonds. The van der Waals surface area contributed by atoms with Crippen LogP contribution in [0.25, 0.3) is 0 Å². The summed E-state index contributed by atoms with van der Waals surface area (Å²) in [4.78, 5) is 6.93. The standard InChI is InChI=1S/C16H27FN4/c1-19-9-11-20(12-10-19)13-14-21(8-4-7-18)16-6-3-2-5-15(16)17/h2-3,5-6H,4,7-14,18H2,1H3. The molecule has 0 bridgehead atoms. The van der Waals surface area contributed by atoms with E-state index in [1.807, 2.05) is 12.1 Å². The predicted octanol–water partition coefficient (Wildman–Crippen LogP) is 1.23. The van der Waals surface area contributed by atoms with Gasteiger partial charge in [0.15, 0.2) is 0 Å². The van der Waals surface area contributed by atoms with Gasteiger partial charge in [-0.2, -0.15) is 0 Å². The molecular formula is C16H27FN4. The summed E-state index contributed by atoms with van der Waals surface area (Å²) in [6.45, 7) is 7.70. The molecule has 2 N–H and O–H groups in total. The number of halogens is 1. The van der Waals surface area contributed by atoms with E-state index in [1.54, 1.807) is 6.07 Å². The van der Waals surface area contributed by atoms with Gasteiger partial charge in [-0.05, 0) is 32.1 Å². The Morgan fingerprint density at radius 3 is 2.52 bits per heavy atom. The third kappa shape index (κ3) is 4.95. The number of piperazine rings is 1. The van der Waals surface area contributed by atoms with Gasteiger partial charge in [-0.3, -0.25) is 4.90 Å². The molecule has 1 aromatic carbocycles. The van der Waals surface area contributed by atoms with Crippen LogP contribution in [0.15, 0.2) is 24.3 Å². The third-order valence-electron chi connectivity index (χ3n) is 4.11. The molecule has 1 heterocycles. The Kier molecular flexibility index (Phi) is 6.42. The largest absolute Gasteiger partial charge is 0.368 e. The van der Waals surface area contributed by atoms with E-state index in [9.17, 15) is 4.39 Å². The number of nitrogens with two attached hydrogens (primary N) is 1. The molecule has 1 saturated heterocycles. The molecule has 0 atom stereocenters. The number of hydrogen-bond acceptors (Lipinski definition) is 4. The number of likely N-dealkylation sites (N-methyl/N-ethyl adjacent to an activating group) is 1. The molecule has 0 radical (unpaired) electrons. The quantitative estimate of drug-likeness (QED) is 0.820. The van der Waals surface area contributed by atoms with Crippen molar-refractivity contribution in [2.45, 2.75) is 6.42 Å². The average molecular weight is 294 g/mol. The molecule has 118 valence electrons. The first-order chi connectivity index (χ1) is 10.2. The highest BCUT2D eigenvalue weighted by molar-refractivity contribution is 5.47. The first kappa shape index (κ1) is 16.2. The zero-order valence-electron chi connectivity index (χ0n) is 13.0. The molecule has 0 aliphatic carbocycles. The summed E-state index contributed by atoms with van der Waals surface area (Å²) in [6, 6.07) is 7.01. The van der Waals surface area contributed by atoms with Crippen LogP contribution in [0.4, 0.5) is 10.1 Å². The second kappa shape index (κ2) is 8.32. The van der Waals surface area contributed by atoms with Gasteiger partial charge in [0.05, 0.1) is 5.69 Å². The van der Waals surface area contributed by atoms with Crippen LogP contribution in [-0.4, -0.2) is 69.2 Å². The maximum atomic E-state index is 14.0. The van der Waals surface area contributed by atoms with Gasteiger partial charge < -0.3 is 15.5 Å². The van der Waals surface area contributed by atoms with E-state index in [4.69, 9.17) is 5.73 Å². The fraction of sp³-hybridized carbons (Fsp3) is 0.625. The van der Waals surface area contributed by atoms with Crippen LogP contribution in [0.5, 0.6) is 0 Å². The third-order valence-corrected chi connectivity index (χ3v) is 4.11. The fourth-order valence-electron chi connectivity index (χ4n) is 2.68. The topological polar surface area (TPSA) is 35.7 Å². The van der Waals surface area contributed by atoms with Crippen LogP contribution >= 0.6 is 0 Å². The van der Waals surface area contributed by atoms with Gasteiger partial charge in [-0.1, -0.05) is 12.1 Å². The van der Waals surface area contributed by atoms with Crippen molar-refractivity contribution in [2.75, 3.05) is 64.3 Å². The fourth-order valence-corrected chi connectivity index (χ4v) is 2.68. The van der Waals surface area contributed by atoms with Crippen molar-refractivity contribution in [1.29, 1.82) is 0 Å². The average Bonchev–Trinajstić information content (AvgIpc) is 2.50. The Morgan fingerprint density at radius 1 is 1.14 bits per heavy atom. The van der Waals surface area contributed by atoms with E-state index in [1.165, 1.54) is 6.07 Å².